The van der Waals surface area contributed by atoms with Crippen molar-refractivity contribution in [1.82, 2.24) is 0 Å². The molecule has 0 aromatic heterocycles. The van der Waals surface area contributed by atoms with Crippen LogP contribution in [0.15, 0.2) is 42.5 Å². The van der Waals surface area contributed by atoms with E-state index in [9.17, 15) is 9.18 Å². The molecule has 0 bridgehead atoms. The molecule has 0 spiro atoms. The zero-order valence-electron chi connectivity index (χ0n) is 10.2. The van der Waals surface area contributed by atoms with Crippen LogP contribution in [0.25, 0.3) is 11.1 Å². The Morgan fingerprint density at radius 1 is 1.06 bits per heavy atom. The fourth-order valence-electron chi connectivity index (χ4n) is 1.97. The Morgan fingerprint density at radius 3 is 2.39 bits per heavy atom. The molecule has 18 heavy (non-hydrogen) atoms. The minimum atomic E-state index is -0.508. The van der Waals surface area contributed by atoms with Gasteiger partial charge in [-0.05, 0) is 24.6 Å². The number of ether oxygens (including phenoxy) is 1. The van der Waals surface area contributed by atoms with Gasteiger partial charge in [-0.15, -0.1) is 0 Å². The smallest absolute Gasteiger partial charge is 0.163 e. The monoisotopic (exact) mass is 244 g/mol. The molecule has 2 nitrogen and oxygen atoms in total. The van der Waals surface area contributed by atoms with Crippen LogP contribution in [0.1, 0.15) is 17.3 Å². The van der Waals surface area contributed by atoms with E-state index in [4.69, 9.17) is 4.74 Å². The second kappa shape index (κ2) is 5.00. The molecule has 0 saturated carbocycles. The molecule has 0 radical (unpaired) electrons. The van der Waals surface area contributed by atoms with E-state index in [-0.39, 0.29) is 11.3 Å². The van der Waals surface area contributed by atoms with Gasteiger partial charge in [0.15, 0.2) is 5.78 Å². The van der Waals surface area contributed by atoms with Gasteiger partial charge in [0, 0.05) is 5.56 Å². The summed E-state index contributed by atoms with van der Waals surface area (Å²) in [4.78, 5) is 11.6. The number of hydrogen-bond donors (Lipinski definition) is 0. The summed E-state index contributed by atoms with van der Waals surface area (Å²) < 4.78 is 19.0. The van der Waals surface area contributed by atoms with E-state index in [0.717, 1.165) is 0 Å². The molecule has 0 aliphatic heterocycles. The summed E-state index contributed by atoms with van der Waals surface area (Å²) in [7, 11) is 1.55. The largest absolute Gasteiger partial charge is 0.496 e. The average molecular weight is 244 g/mol. The molecule has 92 valence electrons. The molecular formula is C15H13FO2. The van der Waals surface area contributed by atoms with Crippen molar-refractivity contribution in [2.24, 2.45) is 0 Å². The molecule has 0 fully saturated rings. The van der Waals surface area contributed by atoms with Gasteiger partial charge in [-0.3, -0.25) is 4.79 Å². The quantitative estimate of drug-likeness (QED) is 0.769. The molecule has 0 N–H and O–H groups in total. The number of hydrogen-bond acceptors (Lipinski definition) is 2. The van der Waals surface area contributed by atoms with Crippen molar-refractivity contribution >= 4 is 5.78 Å². The Labute approximate surface area is 105 Å². The molecule has 2 aromatic rings. The predicted octanol–water partition coefficient (Wildman–Crippen LogP) is 3.70. The van der Waals surface area contributed by atoms with Gasteiger partial charge >= 0.3 is 0 Å². The highest BCUT2D eigenvalue weighted by atomic mass is 19.1. The molecule has 2 aromatic carbocycles. The second-order valence-corrected chi connectivity index (χ2v) is 3.92. The Kier molecular flexibility index (Phi) is 3.42. The second-order valence-electron chi connectivity index (χ2n) is 3.92. The number of methoxy groups -OCH3 is 1. The lowest BCUT2D eigenvalue weighted by molar-refractivity contribution is 0.101. The normalized spacial score (nSPS) is 10.2. The highest BCUT2D eigenvalue weighted by Gasteiger charge is 2.16. The maximum absolute atomic E-state index is 13.8. The van der Waals surface area contributed by atoms with Crippen molar-refractivity contribution in [3.8, 4) is 16.9 Å². The van der Waals surface area contributed by atoms with Gasteiger partial charge < -0.3 is 4.74 Å². The summed E-state index contributed by atoms with van der Waals surface area (Å²) in [6.07, 6.45) is 0. The number of halogens is 1. The Bertz CT molecular complexity index is 591. The molecule has 0 atom stereocenters. The predicted molar refractivity (Wildman–Crippen MR) is 68.4 cm³/mol. The first-order chi connectivity index (χ1) is 8.65. The third-order valence-electron chi connectivity index (χ3n) is 2.76. The van der Waals surface area contributed by atoms with Crippen LogP contribution in [0.3, 0.4) is 0 Å². The van der Waals surface area contributed by atoms with Crippen molar-refractivity contribution in [2.75, 3.05) is 7.11 Å². The van der Waals surface area contributed by atoms with Gasteiger partial charge in [0.1, 0.15) is 11.6 Å². The number of carbonyl (C=O) groups excluding carboxylic acids is 1. The van der Waals surface area contributed by atoms with Gasteiger partial charge in [0.2, 0.25) is 0 Å². The number of benzene rings is 2. The van der Waals surface area contributed by atoms with Gasteiger partial charge in [-0.25, -0.2) is 4.39 Å². The molecule has 0 heterocycles. The lowest BCUT2D eigenvalue weighted by Gasteiger charge is -2.11. The summed E-state index contributed by atoms with van der Waals surface area (Å²) in [5, 5.41) is 0. The van der Waals surface area contributed by atoms with Crippen LogP contribution in [-0.2, 0) is 0 Å². The molecule has 0 amide bonds. The first-order valence-electron chi connectivity index (χ1n) is 5.58. The van der Waals surface area contributed by atoms with Crippen LogP contribution in [0, 0.1) is 5.82 Å². The minimum absolute atomic E-state index is 0.0991. The first-order valence-corrected chi connectivity index (χ1v) is 5.58. The SMILES string of the molecule is COc1ccccc1-c1cccc(F)c1C(C)=O. The van der Waals surface area contributed by atoms with Crippen LogP contribution < -0.4 is 4.74 Å². The Balaban J connectivity index is 2.71. The van der Waals surface area contributed by atoms with Crippen molar-refractivity contribution in [3.05, 3.63) is 53.8 Å². The van der Waals surface area contributed by atoms with Crippen LogP contribution in [0.5, 0.6) is 5.75 Å². The standard InChI is InChI=1S/C15H13FO2/c1-10(17)15-12(7-5-8-13(15)16)11-6-3-4-9-14(11)18-2/h3-9H,1-2H3. The van der Waals surface area contributed by atoms with E-state index in [1.54, 1.807) is 31.4 Å². The maximum Gasteiger partial charge on any atom is 0.163 e. The highest BCUT2D eigenvalue weighted by Crippen LogP contribution is 2.33. The van der Waals surface area contributed by atoms with E-state index < -0.39 is 5.82 Å². The molecule has 0 aliphatic rings. The zero-order chi connectivity index (χ0) is 13.1. The number of carbonyl (C=O) groups is 1. The lowest BCUT2D eigenvalue weighted by atomic mass is 9.96. The molecule has 3 heteroatoms. The van der Waals surface area contributed by atoms with Gasteiger partial charge in [0.25, 0.3) is 0 Å². The fraction of sp³-hybridized carbons (Fsp3) is 0.133. The third-order valence-corrected chi connectivity index (χ3v) is 2.76. The maximum atomic E-state index is 13.8. The number of ketones is 1. The molecule has 2 rings (SSSR count). The summed E-state index contributed by atoms with van der Waals surface area (Å²) in [5.74, 6) is -0.189. The van der Waals surface area contributed by atoms with Crippen LogP contribution in [0.4, 0.5) is 4.39 Å². The van der Waals surface area contributed by atoms with E-state index in [2.05, 4.69) is 0 Å². The summed E-state index contributed by atoms with van der Waals surface area (Å²) in [6.45, 7) is 1.36. The Morgan fingerprint density at radius 2 is 1.72 bits per heavy atom. The van der Waals surface area contributed by atoms with Crippen LogP contribution in [0.2, 0.25) is 0 Å². The number of para-hydroxylation sites is 1. The summed E-state index contributed by atoms with van der Waals surface area (Å²) >= 11 is 0. The Hall–Kier alpha value is -2.16. The average Bonchev–Trinajstić information content (AvgIpc) is 2.38. The van der Waals surface area contributed by atoms with Gasteiger partial charge in [-0.2, -0.15) is 0 Å². The van der Waals surface area contributed by atoms with Gasteiger partial charge in [0.05, 0.1) is 12.7 Å². The number of rotatable bonds is 3. The molecule has 0 unspecified atom stereocenters. The van der Waals surface area contributed by atoms with E-state index in [0.29, 0.717) is 16.9 Å². The van der Waals surface area contributed by atoms with Crippen LogP contribution >= 0.6 is 0 Å². The zero-order valence-corrected chi connectivity index (χ0v) is 10.2. The lowest BCUT2D eigenvalue weighted by Crippen LogP contribution is -2.01. The first kappa shape index (κ1) is 12.3. The molecular weight excluding hydrogens is 231 g/mol. The van der Waals surface area contributed by atoms with Crippen molar-refractivity contribution in [1.29, 1.82) is 0 Å². The third kappa shape index (κ3) is 2.12. The van der Waals surface area contributed by atoms with Crippen LogP contribution in [-0.4, -0.2) is 12.9 Å². The fourth-order valence-corrected chi connectivity index (χ4v) is 1.97. The number of Topliss-reactive ketones (excluding diaryl/α,β-unsaturated/α-hetero) is 1. The highest BCUT2D eigenvalue weighted by molar-refractivity contribution is 6.01. The molecule has 0 saturated heterocycles. The summed E-state index contributed by atoms with van der Waals surface area (Å²) in [5.41, 5.74) is 1.37. The van der Waals surface area contributed by atoms with Crippen molar-refractivity contribution in [2.45, 2.75) is 6.92 Å². The van der Waals surface area contributed by atoms with E-state index in [1.165, 1.54) is 13.0 Å². The minimum Gasteiger partial charge on any atom is -0.496 e. The van der Waals surface area contributed by atoms with Gasteiger partial charge in [-0.1, -0.05) is 30.3 Å². The topological polar surface area (TPSA) is 26.3 Å². The van der Waals surface area contributed by atoms with E-state index in [1.807, 2.05) is 12.1 Å². The van der Waals surface area contributed by atoms with E-state index >= 15 is 0 Å². The van der Waals surface area contributed by atoms with Crippen molar-refractivity contribution < 1.29 is 13.9 Å². The van der Waals surface area contributed by atoms with Crippen molar-refractivity contribution in [3.63, 3.8) is 0 Å². The summed E-state index contributed by atoms with van der Waals surface area (Å²) in [6, 6.07) is 11.8. The molecule has 0 aliphatic carbocycles.